The van der Waals surface area contributed by atoms with Crippen molar-refractivity contribution in [2.45, 2.75) is 39.2 Å². The Kier molecular flexibility index (Phi) is 5.17. The zero-order chi connectivity index (χ0) is 24.2. The number of hydrogen-bond donors (Lipinski definition) is 1. The summed E-state index contributed by atoms with van der Waals surface area (Å²) in [6.07, 6.45) is 1.39. The number of hydrogen-bond acceptors (Lipinski definition) is 6. The molecule has 1 N–H and O–H groups in total. The number of nitrogens with zero attached hydrogens (tertiary/aromatic N) is 2. The molecule has 1 aliphatic rings. The summed E-state index contributed by atoms with van der Waals surface area (Å²) in [5.74, 6) is -1.70. The monoisotopic (exact) mass is 472 g/mol. The Labute approximate surface area is 201 Å². The van der Waals surface area contributed by atoms with Crippen molar-refractivity contribution in [1.29, 1.82) is 0 Å². The second kappa shape index (κ2) is 7.95. The highest BCUT2D eigenvalue weighted by molar-refractivity contribution is 7.22. The predicted octanol–water partition coefficient (Wildman–Crippen LogP) is 6.28. The van der Waals surface area contributed by atoms with Crippen LogP contribution >= 0.6 is 11.3 Å². The Morgan fingerprint density at radius 1 is 1.12 bits per heavy atom. The molecule has 4 aromatic rings. The van der Waals surface area contributed by atoms with Crippen LogP contribution in [0.15, 0.2) is 76.6 Å². The summed E-state index contributed by atoms with van der Waals surface area (Å²) in [5, 5.41) is 11.3. The van der Waals surface area contributed by atoms with E-state index in [0.29, 0.717) is 10.7 Å². The van der Waals surface area contributed by atoms with E-state index in [2.05, 4.69) is 25.8 Å². The Morgan fingerprint density at radius 3 is 2.50 bits per heavy atom. The Balaban J connectivity index is 1.67. The van der Waals surface area contributed by atoms with E-state index in [4.69, 9.17) is 4.42 Å². The maximum absolute atomic E-state index is 13.4. The van der Waals surface area contributed by atoms with E-state index in [-0.39, 0.29) is 16.7 Å². The summed E-state index contributed by atoms with van der Waals surface area (Å²) in [4.78, 5) is 32.8. The minimum Gasteiger partial charge on any atom is -0.503 e. The number of carbonyl (C=O) groups is 2. The van der Waals surface area contributed by atoms with Gasteiger partial charge in [0.1, 0.15) is 0 Å². The Hall–Kier alpha value is -3.71. The number of benzene rings is 2. The molecule has 0 fully saturated rings. The molecule has 172 valence electrons. The van der Waals surface area contributed by atoms with Crippen LogP contribution in [0.2, 0.25) is 0 Å². The first kappa shape index (κ1) is 22.1. The van der Waals surface area contributed by atoms with Crippen molar-refractivity contribution in [3.05, 3.63) is 94.6 Å². The molecule has 2 aromatic heterocycles. The molecule has 1 amide bonds. The second-order valence-electron chi connectivity index (χ2n) is 9.49. The molecule has 0 bridgehead atoms. The summed E-state index contributed by atoms with van der Waals surface area (Å²) in [5.41, 5.74) is 3.59. The van der Waals surface area contributed by atoms with Gasteiger partial charge in [-0.3, -0.25) is 14.5 Å². The number of aliphatic hydroxyl groups excluding tert-OH is 1. The maximum Gasteiger partial charge on any atom is 0.296 e. The van der Waals surface area contributed by atoms with E-state index in [9.17, 15) is 14.7 Å². The van der Waals surface area contributed by atoms with Gasteiger partial charge in [0.25, 0.3) is 5.91 Å². The van der Waals surface area contributed by atoms with E-state index in [1.54, 1.807) is 6.07 Å². The molecule has 3 heterocycles. The zero-order valence-electron chi connectivity index (χ0n) is 19.3. The number of Topliss-reactive ketones (excluding diaryl/α,β-unsaturated/α-hetero) is 1. The fraction of sp³-hybridized carbons (Fsp3) is 0.222. The summed E-state index contributed by atoms with van der Waals surface area (Å²) < 4.78 is 6.23. The first-order valence-electron chi connectivity index (χ1n) is 11.0. The second-order valence-corrected chi connectivity index (χ2v) is 10.5. The Bertz CT molecular complexity index is 1440. The van der Waals surface area contributed by atoms with Gasteiger partial charge >= 0.3 is 0 Å². The summed E-state index contributed by atoms with van der Waals surface area (Å²) in [6, 6.07) is 15.9. The molecular weight excluding hydrogens is 448 g/mol. The van der Waals surface area contributed by atoms with Crippen molar-refractivity contribution in [3.8, 4) is 0 Å². The number of ketones is 1. The van der Waals surface area contributed by atoms with E-state index >= 15 is 0 Å². The largest absolute Gasteiger partial charge is 0.503 e. The standard InChI is InChI=1S/C27H24N2O4S/c1-15-7-12-18-20(14-15)34-26(28-18)29-22(16-8-10-17(11-9-16)27(2,3)4)21(24(31)25(29)32)23(30)19-6-5-13-33-19/h5-14,22,31H,1-4H3/t22-/m1/s1. The average molecular weight is 473 g/mol. The van der Waals surface area contributed by atoms with Crippen LogP contribution in [0.5, 0.6) is 0 Å². The summed E-state index contributed by atoms with van der Waals surface area (Å²) >= 11 is 1.35. The lowest BCUT2D eigenvalue weighted by molar-refractivity contribution is -0.117. The number of fused-ring (bicyclic) bond motifs is 1. The van der Waals surface area contributed by atoms with E-state index < -0.39 is 23.5 Å². The average Bonchev–Trinajstić information content (AvgIpc) is 3.52. The van der Waals surface area contributed by atoms with Crippen LogP contribution in [-0.2, 0) is 10.2 Å². The van der Waals surface area contributed by atoms with Crippen LogP contribution in [0.25, 0.3) is 10.2 Å². The number of aliphatic hydroxyl groups is 1. The fourth-order valence-corrected chi connectivity index (χ4v) is 5.27. The zero-order valence-corrected chi connectivity index (χ0v) is 20.1. The quantitative estimate of drug-likeness (QED) is 0.354. The number of carbonyl (C=O) groups excluding carboxylic acids is 2. The van der Waals surface area contributed by atoms with Gasteiger partial charge in [-0.1, -0.05) is 62.4 Å². The third-order valence-electron chi connectivity index (χ3n) is 6.03. The maximum atomic E-state index is 13.4. The van der Waals surface area contributed by atoms with Crippen LogP contribution in [-0.4, -0.2) is 21.8 Å². The van der Waals surface area contributed by atoms with Gasteiger partial charge in [0.05, 0.1) is 28.1 Å². The van der Waals surface area contributed by atoms with E-state index in [0.717, 1.165) is 21.3 Å². The third kappa shape index (κ3) is 3.62. The molecule has 0 saturated carbocycles. The number of aromatic nitrogens is 1. The van der Waals surface area contributed by atoms with Crippen molar-refractivity contribution in [2.75, 3.05) is 4.90 Å². The molecular formula is C27H24N2O4S. The highest BCUT2D eigenvalue weighted by Gasteiger charge is 2.46. The number of aryl methyl sites for hydroxylation is 1. The van der Waals surface area contributed by atoms with Crippen molar-refractivity contribution >= 4 is 38.4 Å². The van der Waals surface area contributed by atoms with Crippen LogP contribution in [0.1, 0.15) is 54.1 Å². The van der Waals surface area contributed by atoms with E-state index in [1.165, 1.54) is 28.6 Å². The van der Waals surface area contributed by atoms with Crippen molar-refractivity contribution < 1.29 is 19.1 Å². The van der Waals surface area contributed by atoms with Gasteiger partial charge in [-0.25, -0.2) is 4.98 Å². The molecule has 1 atom stereocenters. The first-order valence-corrected chi connectivity index (χ1v) is 11.8. The molecule has 0 spiro atoms. The molecule has 2 aromatic carbocycles. The van der Waals surface area contributed by atoms with Gasteiger partial charge < -0.3 is 9.52 Å². The van der Waals surface area contributed by atoms with Crippen molar-refractivity contribution in [3.63, 3.8) is 0 Å². The van der Waals surface area contributed by atoms with Crippen LogP contribution in [0.4, 0.5) is 5.13 Å². The lowest BCUT2D eigenvalue weighted by atomic mass is 9.85. The normalized spacial score (nSPS) is 16.6. The number of rotatable bonds is 4. The minimum absolute atomic E-state index is 0.0149. The Morgan fingerprint density at radius 2 is 1.85 bits per heavy atom. The topological polar surface area (TPSA) is 83.6 Å². The number of amides is 1. The van der Waals surface area contributed by atoms with Crippen LogP contribution < -0.4 is 4.90 Å². The molecule has 7 heteroatoms. The number of thiazole rings is 1. The third-order valence-corrected chi connectivity index (χ3v) is 7.05. The molecule has 0 saturated heterocycles. The minimum atomic E-state index is -0.833. The van der Waals surface area contributed by atoms with Crippen LogP contribution in [0.3, 0.4) is 0 Å². The molecule has 0 radical (unpaired) electrons. The van der Waals surface area contributed by atoms with Crippen LogP contribution in [0, 0.1) is 6.92 Å². The molecule has 0 aliphatic carbocycles. The predicted molar refractivity (Wildman–Crippen MR) is 132 cm³/mol. The van der Waals surface area contributed by atoms with Crippen molar-refractivity contribution in [1.82, 2.24) is 4.98 Å². The molecule has 0 unspecified atom stereocenters. The van der Waals surface area contributed by atoms with Gasteiger partial charge in [-0.15, -0.1) is 0 Å². The number of furan rings is 1. The SMILES string of the molecule is Cc1ccc2nc(N3C(=O)C(O)=C(C(=O)c4ccco4)[C@H]3c3ccc(C(C)(C)C)cc3)sc2c1. The highest BCUT2D eigenvalue weighted by Crippen LogP contribution is 2.44. The lowest BCUT2D eigenvalue weighted by Gasteiger charge is -2.25. The summed E-state index contributed by atoms with van der Waals surface area (Å²) in [7, 11) is 0. The fourth-order valence-electron chi connectivity index (χ4n) is 4.18. The highest BCUT2D eigenvalue weighted by atomic mass is 32.1. The summed E-state index contributed by atoms with van der Waals surface area (Å²) in [6.45, 7) is 8.35. The first-order chi connectivity index (χ1) is 16.1. The molecule has 6 nitrogen and oxygen atoms in total. The van der Waals surface area contributed by atoms with Gasteiger partial charge in [-0.05, 0) is 53.3 Å². The number of anilines is 1. The van der Waals surface area contributed by atoms with Gasteiger partial charge in [0, 0.05) is 0 Å². The molecule has 1 aliphatic heterocycles. The molecule has 5 rings (SSSR count). The molecule has 34 heavy (non-hydrogen) atoms. The lowest BCUT2D eigenvalue weighted by Crippen LogP contribution is -2.31. The van der Waals surface area contributed by atoms with Gasteiger partial charge in [-0.2, -0.15) is 0 Å². The smallest absolute Gasteiger partial charge is 0.296 e. The van der Waals surface area contributed by atoms with Gasteiger partial charge in [0.2, 0.25) is 5.78 Å². The van der Waals surface area contributed by atoms with E-state index in [1.807, 2.05) is 49.4 Å². The van der Waals surface area contributed by atoms with Gasteiger partial charge in [0.15, 0.2) is 16.7 Å². The van der Waals surface area contributed by atoms with Crippen molar-refractivity contribution in [2.24, 2.45) is 0 Å².